The van der Waals surface area contributed by atoms with E-state index in [0.717, 1.165) is 12.1 Å². The van der Waals surface area contributed by atoms with Gasteiger partial charge in [0, 0.05) is 23.9 Å². The van der Waals surface area contributed by atoms with E-state index in [0.29, 0.717) is 17.3 Å². The van der Waals surface area contributed by atoms with E-state index < -0.39 is 17.5 Å². The first-order valence-electron chi connectivity index (χ1n) is 7.98. The molecule has 3 rings (SSSR count). The normalized spacial score (nSPS) is 10.4. The first kappa shape index (κ1) is 18.2. The van der Waals surface area contributed by atoms with Crippen LogP contribution in [-0.2, 0) is 0 Å². The first-order chi connectivity index (χ1) is 12.9. The molecule has 0 aliphatic rings. The van der Waals surface area contributed by atoms with Gasteiger partial charge in [-0.25, -0.2) is 18.7 Å². The summed E-state index contributed by atoms with van der Waals surface area (Å²) in [5.41, 5.74) is 0.665. The molecule has 0 bridgehead atoms. The Morgan fingerprint density at radius 1 is 1.07 bits per heavy atom. The van der Waals surface area contributed by atoms with E-state index in [-0.39, 0.29) is 17.2 Å². The zero-order chi connectivity index (χ0) is 19.4. The number of ether oxygens (including phenoxy) is 1. The summed E-state index contributed by atoms with van der Waals surface area (Å²) in [6.07, 6.45) is 0. The molecule has 138 valence electrons. The minimum absolute atomic E-state index is 0.0358. The van der Waals surface area contributed by atoms with E-state index in [4.69, 9.17) is 4.74 Å². The van der Waals surface area contributed by atoms with Crippen LogP contribution < -0.4 is 15.4 Å². The van der Waals surface area contributed by atoms with Crippen LogP contribution in [0.3, 0.4) is 0 Å². The molecule has 2 N–H and O–H groups in total. The Morgan fingerprint density at radius 3 is 2.63 bits per heavy atom. The van der Waals surface area contributed by atoms with Crippen molar-refractivity contribution in [2.75, 3.05) is 17.7 Å². The molecule has 0 unspecified atom stereocenters. The highest BCUT2D eigenvalue weighted by atomic mass is 19.1. The predicted octanol–water partition coefficient (Wildman–Crippen LogP) is 4.07. The molecular formula is C19H16F2N4O2. The number of aryl methyl sites for hydroxylation is 1. The summed E-state index contributed by atoms with van der Waals surface area (Å²) >= 11 is 0. The van der Waals surface area contributed by atoms with Gasteiger partial charge in [0.2, 0.25) is 0 Å². The molecule has 0 fully saturated rings. The van der Waals surface area contributed by atoms with Crippen LogP contribution in [0, 0.1) is 18.6 Å². The number of benzene rings is 2. The lowest BCUT2D eigenvalue weighted by atomic mass is 10.2. The monoisotopic (exact) mass is 370 g/mol. The molecule has 0 saturated heterocycles. The van der Waals surface area contributed by atoms with Crippen LogP contribution in [0.1, 0.15) is 16.3 Å². The smallest absolute Gasteiger partial charge is 0.274 e. The molecule has 0 radical (unpaired) electrons. The van der Waals surface area contributed by atoms with Gasteiger partial charge in [-0.3, -0.25) is 4.79 Å². The third-order valence-electron chi connectivity index (χ3n) is 3.59. The quantitative estimate of drug-likeness (QED) is 0.708. The van der Waals surface area contributed by atoms with Crippen LogP contribution in [0.15, 0.2) is 48.5 Å². The molecule has 0 saturated carbocycles. The van der Waals surface area contributed by atoms with Gasteiger partial charge in [0.1, 0.15) is 34.7 Å². The Hall–Kier alpha value is -3.55. The number of nitrogens with zero attached hydrogens (tertiary/aromatic N) is 2. The molecule has 1 heterocycles. The summed E-state index contributed by atoms with van der Waals surface area (Å²) in [6, 6.07) is 11.4. The lowest BCUT2D eigenvalue weighted by molar-refractivity contribution is 0.102. The van der Waals surface area contributed by atoms with Crippen LogP contribution in [0.4, 0.5) is 26.0 Å². The predicted molar refractivity (Wildman–Crippen MR) is 97.4 cm³/mol. The summed E-state index contributed by atoms with van der Waals surface area (Å²) in [4.78, 5) is 20.7. The molecular weight excluding hydrogens is 354 g/mol. The second-order valence-corrected chi connectivity index (χ2v) is 5.62. The lowest BCUT2D eigenvalue weighted by Gasteiger charge is -2.10. The van der Waals surface area contributed by atoms with Crippen molar-refractivity contribution in [3.05, 3.63) is 71.7 Å². The zero-order valence-corrected chi connectivity index (χ0v) is 14.6. The Bertz CT molecular complexity index is 995. The molecule has 3 aromatic rings. The average molecular weight is 370 g/mol. The Balaban J connectivity index is 1.82. The molecule has 0 spiro atoms. The van der Waals surface area contributed by atoms with Crippen LogP contribution in [0.25, 0.3) is 0 Å². The van der Waals surface area contributed by atoms with E-state index in [1.807, 2.05) is 0 Å². The standard InChI is InChI=1S/C19H16F2N4O2/c1-11-22-17(19(26)24-13-4-3-5-14(9-13)27-2)10-18(23-11)25-16-7-6-12(20)8-15(16)21/h3-10H,1-2H3,(H,24,26)(H,22,23,25). The lowest BCUT2D eigenvalue weighted by Crippen LogP contribution is -2.15. The summed E-state index contributed by atoms with van der Waals surface area (Å²) in [5.74, 6) is -0.789. The maximum Gasteiger partial charge on any atom is 0.274 e. The molecule has 0 atom stereocenters. The van der Waals surface area contributed by atoms with Gasteiger partial charge in [0.05, 0.1) is 12.8 Å². The fourth-order valence-corrected chi connectivity index (χ4v) is 2.37. The Labute approximate surface area is 154 Å². The molecule has 0 aliphatic heterocycles. The molecule has 8 heteroatoms. The minimum atomic E-state index is -0.770. The van der Waals surface area contributed by atoms with E-state index in [1.165, 1.54) is 19.2 Å². The summed E-state index contributed by atoms with van der Waals surface area (Å²) in [5, 5.41) is 5.43. The number of anilines is 3. The number of aromatic nitrogens is 2. The van der Waals surface area contributed by atoms with Gasteiger partial charge < -0.3 is 15.4 Å². The van der Waals surface area contributed by atoms with Crippen molar-refractivity contribution < 1.29 is 18.3 Å². The maximum absolute atomic E-state index is 13.8. The van der Waals surface area contributed by atoms with Crippen molar-refractivity contribution in [3.63, 3.8) is 0 Å². The number of nitrogens with one attached hydrogen (secondary N) is 2. The SMILES string of the molecule is COc1cccc(NC(=O)c2cc(Nc3ccc(F)cc3F)nc(C)n2)c1. The van der Waals surface area contributed by atoms with E-state index in [9.17, 15) is 13.6 Å². The van der Waals surface area contributed by atoms with Crippen LogP contribution in [-0.4, -0.2) is 23.0 Å². The molecule has 1 amide bonds. The number of hydrogen-bond acceptors (Lipinski definition) is 5. The summed E-state index contributed by atoms with van der Waals surface area (Å²) in [7, 11) is 1.53. The molecule has 0 aliphatic carbocycles. The Kier molecular flexibility index (Phi) is 5.25. The van der Waals surface area contributed by atoms with Crippen molar-refractivity contribution in [1.82, 2.24) is 9.97 Å². The number of hydrogen-bond donors (Lipinski definition) is 2. The van der Waals surface area contributed by atoms with Crippen molar-refractivity contribution in [2.45, 2.75) is 6.92 Å². The number of halogens is 2. The first-order valence-corrected chi connectivity index (χ1v) is 7.98. The number of amides is 1. The summed E-state index contributed by atoms with van der Waals surface area (Å²) < 4.78 is 32.0. The number of carbonyl (C=O) groups is 1. The van der Waals surface area contributed by atoms with Crippen molar-refractivity contribution >= 4 is 23.1 Å². The highest BCUT2D eigenvalue weighted by Gasteiger charge is 2.13. The number of carbonyl (C=O) groups excluding carboxylic acids is 1. The van der Waals surface area contributed by atoms with E-state index >= 15 is 0 Å². The van der Waals surface area contributed by atoms with E-state index in [1.54, 1.807) is 31.2 Å². The zero-order valence-electron chi connectivity index (χ0n) is 14.6. The fourth-order valence-electron chi connectivity index (χ4n) is 2.37. The largest absolute Gasteiger partial charge is 0.497 e. The van der Waals surface area contributed by atoms with Gasteiger partial charge in [0.15, 0.2) is 0 Å². The van der Waals surface area contributed by atoms with Crippen LogP contribution in [0.5, 0.6) is 5.75 Å². The van der Waals surface area contributed by atoms with Crippen molar-refractivity contribution in [1.29, 1.82) is 0 Å². The molecule has 1 aromatic heterocycles. The van der Waals surface area contributed by atoms with Crippen molar-refractivity contribution in [2.24, 2.45) is 0 Å². The van der Waals surface area contributed by atoms with Crippen LogP contribution >= 0.6 is 0 Å². The van der Waals surface area contributed by atoms with Gasteiger partial charge in [-0.2, -0.15) is 0 Å². The highest BCUT2D eigenvalue weighted by Crippen LogP contribution is 2.21. The number of rotatable bonds is 5. The third-order valence-corrected chi connectivity index (χ3v) is 3.59. The Morgan fingerprint density at radius 2 is 1.89 bits per heavy atom. The van der Waals surface area contributed by atoms with Gasteiger partial charge in [-0.1, -0.05) is 6.07 Å². The van der Waals surface area contributed by atoms with Gasteiger partial charge in [-0.15, -0.1) is 0 Å². The average Bonchev–Trinajstić information content (AvgIpc) is 2.64. The third kappa shape index (κ3) is 4.55. The maximum atomic E-state index is 13.8. The highest BCUT2D eigenvalue weighted by molar-refractivity contribution is 6.03. The summed E-state index contributed by atoms with van der Waals surface area (Å²) in [6.45, 7) is 1.61. The number of methoxy groups -OCH3 is 1. The van der Waals surface area contributed by atoms with Crippen molar-refractivity contribution in [3.8, 4) is 5.75 Å². The minimum Gasteiger partial charge on any atom is -0.497 e. The van der Waals surface area contributed by atoms with Crippen LogP contribution in [0.2, 0.25) is 0 Å². The van der Waals surface area contributed by atoms with E-state index in [2.05, 4.69) is 20.6 Å². The van der Waals surface area contributed by atoms with Gasteiger partial charge in [0.25, 0.3) is 5.91 Å². The second kappa shape index (κ2) is 7.77. The topological polar surface area (TPSA) is 76.1 Å². The van der Waals surface area contributed by atoms with Gasteiger partial charge in [-0.05, 0) is 31.2 Å². The second-order valence-electron chi connectivity index (χ2n) is 5.62. The molecule has 2 aromatic carbocycles. The molecule has 6 nitrogen and oxygen atoms in total. The molecule has 27 heavy (non-hydrogen) atoms. The fraction of sp³-hybridized carbons (Fsp3) is 0.105. The van der Waals surface area contributed by atoms with Gasteiger partial charge >= 0.3 is 0 Å².